The van der Waals surface area contributed by atoms with Gasteiger partial charge in [-0.25, -0.2) is 5.43 Å². The number of hydrogen-bond acceptors (Lipinski definition) is 8. The number of nitrogens with one attached hydrogen (secondary N) is 1. The first-order chi connectivity index (χ1) is 18.4. The Morgan fingerprint density at radius 3 is 2.13 bits per heavy atom. The Balaban J connectivity index is 1.49. The van der Waals surface area contributed by atoms with E-state index in [2.05, 4.69) is 20.7 Å². The van der Waals surface area contributed by atoms with Crippen LogP contribution in [0.2, 0.25) is 10.0 Å². The van der Waals surface area contributed by atoms with E-state index in [-0.39, 0.29) is 11.7 Å². The highest BCUT2D eigenvalue weighted by molar-refractivity contribution is 7.99. The molecule has 0 saturated carbocycles. The largest absolute Gasteiger partial charge is 0.493 e. The average Bonchev–Trinajstić information content (AvgIpc) is 3.36. The smallest absolute Gasteiger partial charge is 0.250 e. The van der Waals surface area contributed by atoms with Crippen molar-refractivity contribution in [1.29, 1.82) is 0 Å². The van der Waals surface area contributed by atoms with Crippen molar-refractivity contribution < 1.29 is 19.0 Å². The van der Waals surface area contributed by atoms with E-state index >= 15 is 0 Å². The number of thioether (sulfide) groups is 1. The van der Waals surface area contributed by atoms with E-state index in [1.54, 1.807) is 36.4 Å². The van der Waals surface area contributed by atoms with Crippen LogP contribution in [0.15, 0.2) is 70.9 Å². The molecule has 0 aliphatic rings. The molecule has 1 amide bonds. The molecule has 0 unspecified atom stereocenters. The van der Waals surface area contributed by atoms with Gasteiger partial charge in [0.05, 0.1) is 33.3 Å². The highest BCUT2D eigenvalue weighted by Crippen LogP contribution is 2.37. The van der Waals surface area contributed by atoms with Gasteiger partial charge < -0.3 is 14.2 Å². The minimum absolute atomic E-state index is 0.0545. The first kappa shape index (κ1) is 27.3. The van der Waals surface area contributed by atoms with Gasteiger partial charge in [0, 0.05) is 26.9 Å². The first-order valence-corrected chi connectivity index (χ1v) is 12.9. The highest BCUT2D eigenvalue weighted by atomic mass is 35.5. The van der Waals surface area contributed by atoms with Crippen LogP contribution in [0.25, 0.3) is 17.1 Å². The number of carbonyl (C=O) groups is 1. The summed E-state index contributed by atoms with van der Waals surface area (Å²) in [6.07, 6.45) is 1.49. The van der Waals surface area contributed by atoms with E-state index in [1.807, 2.05) is 28.8 Å². The molecule has 4 aromatic rings. The van der Waals surface area contributed by atoms with Crippen molar-refractivity contribution in [3.8, 4) is 34.3 Å². The van der Waals surface area contributed by atoms with Gasteiger partial charge in [-0.1, -0.05) is 35.0 Å². The first-order valence-electron chi connectivity index (χ1n) is 11.2. The minimum Gasteiger partial charge on any atom is -0.493 e. The highest BCUT2D eigenvalue weighted by Gasteiger charge is 2.18. The summed E-state index contributed by atoms with van der Waals surface area (Å²) in [6, 6.07) is 18.0. The van der Waals surface area contributed by atoms with Gasteiger partial charge in [-0.15, -0.1) is 10.2 Å². The fourth-order valence-electron chi connectivity index (χ4n) is 3.49. The lowest BCUT2D eigenvalue weighted by atomic mass is 10.2. The molecule has 9 nitrogen and oxygen atoms in total. The van der Waals surface area contributed by atoms with Crippen molar-refractivity contribution in [2.24, 2.45) is 5.10 Å². The molecule has 0 atom stereocenters. The van der Waals surface area contributed by atoms with E-state index in [9.17, 15) is 4.79 Å². The molecule has 0 radical (unpaired) electrons. The predicted octanol–water partition coefficient (Wildman–Crippen LogP) is 5.51. The van der Waals surface area contributed by atoms with Crippen molar-refractivity contribution >= 4 is 47.1 Å². The molecule has 0 fully saturated rings. The third kappa shape index (κ3) is 6.39. The summed E-state index contributed by atoms with van der Waals surface area (Å²) in [7, 11) is 4.58. The molecular weight excluding hydrogens is 549 g/mol. The summed E-state index contributed by atoms with van der Waals surface area (Å²) < 4.78 is 17.9. The molecule has 4 rings (SSSR count). The quantitative estimate of drug-likeness (QED) is 0.152. The Bertz CT molecular complexity index is 1420. The van der Waals surface area contributed by atoms with Crippen LogP contribution in [0.1, 0.15) is 5.56 Å². The lowest BCUT2D eigenvalue weighted by molar-refractivity contribution is -0.118. The van der Waals surface area contributed by atoms with Crippen LogP contribution in [0.3, 0.4) is 0 Å². The van der Waals surface area contributed by atoms with Gasteiger partial charge in [0.1, 0.15) is 0 Å². The number of hydrogen-bond donors (Lipinski definition) is 1. The number of benzene rings is 3. The van der Waals surface area contributed by atoms with Crippen LogP contribution in [-0.4, -0.2) is 54.0 Å². The lowest BCUT2D eigenvalue weighted by Gasteiger charge is -2.12. The topological polar surface area (TPSA) is 99.9 Å². The zero-order valence-electron chi connectivity index (χ0n) is 20.6. The predicted molar refractivity (Wildman–Crippen MR) is 149 cm³/mol. The van der Waals surface area contributed by atoms with Gasteiger partial charge in [0.25, 0.3) is 5.91 Å². The molecule has 0 aliphatic carbocycles. The monoisotopic (exact) mass is 571 g/mol. The summed E-state index contributed by atoms with van der Waals surface area (Å²) in [5.41, 5.74) is 4.80. The Labute approximate surface area is 233 Å². The molecule has 1 heterocycles. The van der Waals surface area contributed by atoms with Gasteiger partial charge in [-0.05, 0) is 60.7 Å². The molecule has 1 N–H and O–H groups in total. The number of aromatic nitrogens is 3. The number of nitrogens with zero attached hydrogens (tertiary/aromatic N) is 4. The Morgan fingerprint density at radius 2 is 1.55 bits per heavy atom. The molecule has 3 aromatic carbocycles. The van der Waals surface area contributed by atoms with E-state index in [4.69, 9.17) is 37.4 Å². The lowest BCUT2D eigenvalue weighted by Crippen LogP contribution is -2.20. The molecule has 0 bridgehead atoms. The molecule has 196 valence electrons. The van der Waals surface area contributed by atoms with Gasteiger partial charge in [0.2, 0.25) is 5.75 Å². The zero-order valence-corrected chi connectivity index (χ0v) is 23.0. The summed E-state index contributed by atoms with van der Waals surface area (Å²) in [6.45, 7) is 0. The minimum atomic E-state index is -0.322. The van der Waals surface area contributed by atoms with Crippen molar-refractivity contribution in [3.63, 3.8) is 0 Å². The van der Waals surface area contributed by atoms with Crippen LogP contribution in [0.4, 0.5) is 0 Å². The van der Waals surface area contributed by atoms with Gasteiger partial charge in [-0.3, -0.25) is 9.36 Å². The molecule has 12 heteroatoms. The molecule has 0 aliphatic heterocycles. The van der Waals surface area contributed by atoms with Crippen molar-refractivity contribution in [2.75, 3.05) is 27.1 Å². The SMILES string of the molecule is COc1cc(/C=N\NC(=O)CSc2nnc(-c3ccc(Cl)cc3)n2-c2ccc(Cl)cc2)cc(OC)c1OC. The Morgan fingerprint density at radius 1 is 0.947 bits per heavy atom. The number of halogens is 2. The molecule has 0 spiro atoms. The van der Waals surface area contributed by atoms with Gasteiger partial charge >= 0.3 is 0 Å². The van der Waals surface area contributed by atoms with Crippen LogP contribution in [0.5, 0.6) is 17.2 Å². The Kier molecular flexibility index (Phi) is 9.11. The maximum atomic E-state index is 12.6. The summed E-state index contributed by atoms with van der Waals surface area (Å²) >= 11 is 13.4. The van der Waals surface area contributed by atoms with Crippen molar-refractivity contribution in [2.45, 2.75) is 5.16 Å². The number of ether oxygens (including phenoxy) is 3. The number of carbonyl (C=O) groups excluding carboxylic acids is 1. The van der Waals surface area contributed by atoms with Crippen LogP contribution >= 0.6 is 35.0 Å². The maximum absolute atomic E-state index is 12.6. The van der Waals surface area contributed by atoms with Crippen LogP contribution in [0, 0.1) is 0 Å². The number of rotatable bonds is 10. The number of amides is 1. The van der Waals surface area contributed by atoms with E-state index in [0.29, 0.717) is 43.8 Å². The normalized spacial score (nSPS) is 11.0. The molecule has 38 heavy (non-hydrogen) atoms. The Hall–Kier alpha value is -3.73. The van der Waals surface area contributed by atoms with Crippen LogP contribution in [-0.2, 0) is 4.79 Å². The maximum Gasteiger partial charge on any atom is 0.250 e. The third-order valence-corrected chi connectivity index (χ3v) is 6.68. The molecular formula is C26H23Cl2N5O4S. The molecule has 1 aromatic heterocycles. The second-order valence-electron chi connectivity index (χ2n) is 7.67. The van der Waals surface area contributed by atoms with Gasteiger partial charge in [-0.2, -0.15) is 5.10 Å². The fraction of sp³-hybridized carbons (Fsp3) is 0.154. The standard InChI is InChI=1S/C26H23Cl2N5O4S/c1-35-21-12-16(13-22(36-2)24(21)37-3)14-29-30-23(34)15-38-26-32-31-25(17-4-6-18(27)7-5-17)33(26)20-10-8-19(28)9-11-20/h4-14H,15H2,1-3H3,(H,30,34)/b29-14-. The van der Waals surface area contributed by atoms with Crippen molar-refractivity contribution in [1.82, 2.24) is 20.2 Å². The van der Waals surface area contributed by atoms with E-state index in [1.165, 1.54) is 39.3 Å². The summed E-state index contributed by atoms with van der Waals surface area (Å²) in [4.78, 5) is 12.6. The van der Waals surface area contributed by atoms with Gasteiger partial charge in [0.15, 0.2) is 22.5 Å². The second-order valence-corrected chi connectivity index (χ2v) is 9.48. The van der Waals surface area contributed by atoms with E-state index in [0.717, 1.165) is 11.3 Å². The third-order valence-electron chi connectivity index (χ3n) is 5.24. The van der Waals surface area contributed by atoms with Crippen LogP contribution < -0.4 is 19.6 Å². The average molecular weight is 572 g/mol. The summed E-state index contributed by atoms with van der Waals surface area (Å²) in [5, 5.41) is 14.5. The van der Waals surface area contributed by atoms with Crippen molar-refractivity contribution in [3.05, 3.63) is 76.3 Å². The summed E-state index contributed by atoms with van der Waals surface area (Å²) in [5.74, 6) is 1.76. The molecule has 0 saturated heterocycles. The van der Waals surface area contributed by atoms with E-state index < -0.39 is 0 Å². The number of hydrazone groups is 1. The fourth-order valence-corrected chi connectivity index (χ4v) is 4.49. The number of methoxy groups -OCH3 is 3. The zero-order chi connectivity index (χ0) is 27.1. The second kappa shape index (κ2) is 12.7.